The van der Waals surface area contributed by atoms with Crippen molar-refractivity contribution >= 4 is 17.6 Å². The lowest BCUT2D eigenvalue weighted by molar-refractivity contribution is -0.305. The minimum Gasteiger partial charge on any atom is -0.550 e. The highest BCUT2D eigenvalue weighted by atomic mass is 16.6. The maximum atomic E-state index is 12.1. The molecular weight excluding hydrogens is 312 g/mol. The van der Waals surface area contributed by atoms with Crippen LogP contribution in [-0.2, 0) is 9.59 Å². The first-order valence-electron chi connectivity index (χ1n) is 8.26. The first kappa shape index (κ1) is 16.4. The van der Waals surface area contributed by atoms with Crippen LogP contribution in [0.5, 0.6) is 11.5 Å². The predicted molar refractivity (Wildman–Crippen MR) is 85.1 cm³/mol. The smallest absolute Gasteiger partial charge is 0.222 e. The molecule has 0 spiro atoms. The molecule has 0 aromatic heterocycles. The molecule has 130 valence electrons. The van der Waals surface area contributed by atoms with Crippen molar-refractivity contribution in [1.29, 1.82) is 0 Å². The second kappa shape index (κ2) is 7.42. The summed E-state index contributed by atoms with van der Waals surface area (Å²) in [4.78, 5) is 26.5. The zero-order valence-electron chi connectivity index (χ0n) is 13.5. The van der Waals surface area contributed by atoms with Gasteiger partial charge in [0, 0.05) is 50.3 Å². The van der Waals surface area contributed by atoms with Gasteiger partial charge in [-0.3, -0.25) is 4.79 Å². The maximum absolute atomic E-state index is 12.1. The second-order valence-corrected chi connectivity index (χ2v) is 5.92. The number of aliphatic carboxylic acids is 1. The quantitative estimate of drug-likeness (QED) is 0.756. The van der Waals surface area contributed by atoms with E-state index in [-0.39, 0.29) is 18.7 Å². The summed E-state index contributed by atoms with van der Waals surface area (Å²) >= 11 is 0. The van der Waals surface area contributed by atoms with Crippen LogP contribution >= 0.6 is 0 Å². The molecule has 0 atom stereocenters. The number of fused-ring (bicyclic) bond motifs is 1. The second-order valence-electron chi connectivity index (χ2n) is 5.92. The van der Waals surface area contributed by atoms with Gasteiger partial charge in [-0.2, -0.15) is 0 Å². The molecule has 2 aliphatic heterocycles. The van der Waals surface area contributed by atoms with E-state index in [1.807, 2.05) is 18.2 Å². The first-order valence-corrected chi connectivity index (χ1v) is 8.26. The predicted octanol–water partition coefficient (Wildman–Crippen LogP) is 0.0266. The molecular formula is C17H21N2O5-. The Hall–Kier alpha value is -2.44. The summed E-state index contributed by atoms with van der Waals surface area (Å²) in [6.45, 7) is 3.89. The number of hydrogen-bond acceptors (Lipinski definition) is 6. The number of carboxylic acid groups (broad SMARTS) is 1. The summed E-state index contributed by atoms with van der Waals surface area (Å²) in [6, 6.07) is 5.90. The van der Waals surface area contributed by atoms with Crippen LogP contribution in [0.15, 0.2) is 18.2 Å². The number of piperazine rings is 1. The van der Waals surface area contributed by atoms with Crippen LogP contribution in [0.25, 0.3) is 0 Å². The van der Waals surface area contributed by atoms with Gasteiger partial charge in [-0.25, -0.2) is 0 Å². The third-order valence-corrected chi connectivity index (χ3v) is 4.29. The molecule has 2 heterocycles. The zero-order chi connectivity index (χ0) is 16.9. The van der Waals surface area contributed by atoms with Gasteiger partial charge < -0.3 is 29.2 Å². The molecule has 1 aromatic rings. The zero-order valence-corrected chi connectivity index (χ0v) is 13.5. The lowest BCUT2D eigenvalue weighted by Crippen LogP contribution is -2.48. The third-order valence-electron chi connectivity index (χ3n) is 4.29. The monoisotopic (exact) mass is 333 g/mol. The largest absolute Gasteiger partial charge is 0.550 e. The summed E-state index contributed by atoms with van der Waals surface area (Å²) in [7, 11) is 0. The van der Waals surface area contributed by atoms with Crippen molar-refractivity contribution in [2.24, 2.45) is 0 Å². The van der Waals surface area contributed by atoms with Gasteiger partial charge in [-0.1, -0.05) is 0 Å². The lowest BCUT2D eigenvalue weighted by Gasteiger charge is -2.36. The Bertz CT molecular complexity index is 611. The molecule has 1 aromatic carbocycles. The number of carbonyl (C=O) groups excluding carboxylic acids is 2. The molecule has 0 radical (unpaired) electrons. The normalized spacial score (nSPS) is 16.8. The Morgan fingerprint density at radius 3 is 2.42 bits per heavy atom. The van der Waals surface area contributed by atoms with Crippen molar-refractivity contribution in [3.05, 3.63) is 18.2 Å². The number of ether oxygens (including phenoxy) is 2. The summed E-state index contributed by atoms with van der Waals surface area (Å²) in [6.07, 6.45) is 0.532. The molecule has 1 fully saturated rings. The lowest BCUT2D eigenvalue weighted by atomic mass is 10.2. The highest BCUT2D eigenvalue weighted by Crippen LogP contribution is 2.34. The van der Waals surface area contributed by atoms with E-state index in [1.54, 1.807) is 4.90 Å². The van der Waals surface area contributed by atoms with Crippen LogP contribution in [0.4, 0.5) is 5.69 Å². The van der Waals surface area contributed by atoms with Crippen molar-refractivity contribution in [2.45, 2.75) is 19.3 Å². The van der Waals surface area contributed by atoms with Crippen LogP contribution in [0, 0.1) is 0 Å². The topological polar surface area (TPSA) is 82.1 Å². The SMILES string of the molecule is O=C([O-])CCCC(=O)N1CCN(c2ccc3c(c2)OCCO3)CC1. The van der Waals surface area contributed by atoms with Crippen LogP contribution in [0.1, 0.15) is 19.3 Å². The molecule has 0 saturated carbocycles. The average molecular weight is 333 g/mol. The molecule has 3 rings (SSSR count). The van der Waals surface area contributed by atoms with E-state index in [1.165, 1.54) is 0 Å². The molecule has 0 aliphatic carbocycles. The van der Waals surface area contributed by atoms with Crippen molar-refractivity contribution in [1.82, 2.24) is 4.90 Å². The Morgan fingerprint density at radius 2 is 1.71 bits per heavy atom. The summed E-state index contributed by atoms with van der Waals surface area (Å²) in [5, 5.41) is 10.4. The van der Waals surface area contributed by atoms with Gasteiger partial charge in [0.25, 0.3) is 0 Å². The molecule has 7 heteroatoms. The molecule has 7 nitrogen and oxygen atoms in total. The Morgan fingerprint density at radius 1 is 1.00 bits per heavy atom. The van der Waals surface area contributed by atoms with Crippen LogP contribution in [-0.4, -0.2) is 56.2 Å². The Kier molecular flexibility index (Phi) is 5.08. The summed E-state index contributed by atoms with van der Waals surface area (Å²) in [5.41, 5.74) is 1.06. The van der Waals surface area contributed by atoms with Crippen molar-refractivity contribution in [3.8, 4) is 11.5 Å². The fourth-order valence-electron chi connectivity index (χ4n) is 2.98. The molecule has 0 unspecified atom stereocenters. The van der Waals surface area contributed by atoms with Gasteiger partial charge in [0.05, 0.1) is 0 Å². The molecule has 0 bridgehead atoms. The van der Waals surface area contributed by atoms with Gasteiger partial charge in [0.2, 0.25) is 5.91 Å². The van der Waals surface area contributed by atoms with Crippen molar-refractivity contribution in [3.63, 3.8) is 0 Å². The van der Waals surface area contributed by atoms with Crippen LogP contribution in [0.2, 0.25) is 0 Å². The summed E-state index contributed by atoms with van der Waals surface area (Å²) in [5.74, 6) is 0.440. The van der Waals surface area contributed by atoms with Gasteiger partial charge >= 0.3 is 0 Å². The average Bonchev–Trinajstić information content (AvgIpc) is 2.61. The van der Waals surface area contributed by atoms with E-state index in [4.69, 9.17) is 9.47 Å². The van der Waals surface area contributed by atoms with E-state index in [9.17, 15) is 14.7 Å². The van der Waals surface area contributed by atoms with Gasteiger partial charge in [0.15, 0.2) is 11.5 Å². The van der Waals surface area contributed by atoms with E-state index in [2.05, 4.69) is 4.90 Å². The number of amides is 1. The number of hydrogen-bond donors (Lipinski definition) is 0. The van der Waals surface area contributed by atoms with Crippen LogP contribution in [0.3, 0.4) is 0 Å². The van der Waals surface area contributed by atoms with Crippen molar-refractivity contribution in [2.75, 3.05) is 44.3 Å². The molecule has 2 aliphatic rings. The number of benzene rings is 1. The van der Waals surface area contributed by atoms with E-state index < -0.39 is 5.97 Å². The number of rotatable bonds is 5. The van der Waals surface area contributed by atoms with Gasteiger partial charge in [0.1, 0.15) is 13.2 Å². The fourth-order valence-corrected chi connectivity index (χ4v) is 2.98. The highest BCUT2D eigenvalue weighted by Gasteiger charge is 2.22. The van der Waals surface area contributed by atoms with E-state index in [0.717, 1.165) is 30.3 Å². The first-order chi connectivity index (χ1) is 11.6. The Labute approximate surface area is 140 Å². The molecule has 0 N–H and O–H groups in total. The minimum absolute atomic E-state index is 0.0121. The highest BCUT2D eigenvalue weighted by molar-refractivity contribution is 5.77. The number of carbonyl (C=O) groups is 2. The third kappa shape index (κ3) is 3.90. The maximum Gasteiger partial charge on any atom is 0.222 e. The van der Waals surface area contributed by atoms with E-state index >= 15 is 0 Å². The molecule has 1 saturated heterocycles. The molecule has 1 amide bonds. The van der Waals surface area contributed by atoms with Gasteiger partial charge in [-0.05, 0) is 25.0 Å². The number of anilines is 1. The molecule has 24 heavy (non-hydrogen) atoms. The fraction of sp³-hybridized carbons (Fsp3) is 0.529. The van der Waals surface area contributed by atoms with Crippen molar-refractivity contribution < 1.29 is 24.2 Å². The van der Waals surface area contributed by atoms with E-state index in [0.29, 0.717) is 32.7 Å². The number of nitrogens with zero attached hydrogens (tertiary/aromatic N) is 2. The Balaban J connectivity index is 1.51. The number of carboxylic acids is 1. The minimum atomic E-state index is -1.11. The summed E-state index contributed by atoms with van der Waals surface area (Å²) < 4.78 is 11.1. The standard InChI is InChI=1S/C17H22N2O5/c20-16(2-1-3-17(21)22)19-8-6-18(7-9-19)13-4-5-14-15(12-13)24-11-10-23-14/h4-5,12H,1-3,6-11H2,(H,21,22)/p-1. The van der Waals surface area contributed by atoms with Crippen LogP contribution < -0.4 is 19.5 Å². The van der Waals surface area contributed by atoms with Gasteiger partial charge in [-0.15, -0.1) is 0 Å².